The fourth-order valence-electron chi connectivity index (χ4n) is 2.37. The van der Waals surface area contributed by atoms with Gasteiger partial charge in [0.2, 0.25) is 0 Å². The molecule has 0 fully saturated rings. The van der Waals surface area contributed by atoms with Crippen LogP contribution in [0.15, 0.2) is 22.9 Å². The van der Waals surface area contributed by atoms with Crippen LogP contribution in [0.5, 0.6) is 0 Å². The highest BCUT2D eigenvalue weighted by Gasteiger charge is 2.35. The second-order valence-electron chi connectivity index (χ2n) is 4.41. The van der Waals surface area contributed by atoms with Gasteiger partial charge in [-0.1, -0.05) is 13.8 Å². The van der Waals surface area contributed by atoms with E-state index in [-0.39, 0.29) is 11.6 Å². The van der Waals surface area contributed by atoms with Crippen LogP contribution in [-0.2, 0) is 11.2 Å². The second kappa shape index (κ2) is 7.19. The van der Waals surface area contributed by atoms with Crippen LogP contribution in [-0.4, -0.2) is 23.7 Å². The highest BCUT2D eigenvalue weighted by Crippen LogP contribution is 2.26. The lowest BCUT2D eigenvalue weighted by atomic mass is 9.85. The summed E-state index contributed by atoms with van der Waals surface area (Å²) in [6.07, 6.45) is 6.25. The molecule has 0 aliphatic heterocycles. The molecule has 4 nitrogen and oxygen atoms in total. The van der Waals surface area contributed by atoms with Crippen LogP contribution in [0.4, 0.5) is 0 Å². The maximum absolute atomic E-state index is 5.72. The Morgan fingerprint density at radius 1 is 1.44 bits per heavy atom. The van der Waals surface area contributed by atoms with Crippen molar-refractivity contribution < 1.29 is 4.74 Å². The number of rotatable bonds is 7. The Balaban J connectivity index is 2.90. The number of hydrogen-bond acceptors (Lipinski definition) is 4. The van der Waals surface area contributed by atoms with Crippen molar-refractivity contribution in [2.75, 3.05) is 7.11 Å². The zero-order valence-corrected chi connectivity index (χ0v) is 12.8. The normalized spacial score (nSPS) is 13.6. The monoisotopic (exact) mass is 315 g/mol. The lowest BCUT2D eigenvalue weighted by Crippen LogP contribution is -2.55. The number of hydrazine groups is 1. The van der Waals surface area contributed by atoms with Crippen molar-refractivity contribution in [3.05, 3.63) is 28.5 Å². The first-order valence-electron chi connectivity index (χ1n) is 6.22. The third-order valence-corrected chi connectivity index (χ3v) is 4.07. The quantitative estimate of drug-likeness (QED) is 0.599. The molecule has 0 aliphatic rings. The first kappa shape index (κ1) is 15.6. The van der Waals surface area contributed by atoms with Gasteiger partial charge in [0.25, 0.3) is 0 Å². The summed E-state index contributed by atoms with van der Waals surface area (Å²) < 4.78 is 6.70. The van der Waals surface area contributed by atoms with Crippen molar-refractivity contribution in [3.8, 4) is 0 Å². The van der Waals surface area contributed by atoms with Gasteiger partial charge in [-0.2, -0.15) is 0 Å². The number of aromatic nitrogens is 1. The second-order valence-corrected chi connectivity index (χ2v) is 5.33. The summed E-state index contributed by atoms with van der Waals surface area (Å²) in [4.78, 5) is 4.17. The molecule has 0 radical (unpaired) electrons. The molecule has 0 spiro atoms. The highest BCUT2D eigenvalue weighted by molar-refractivity contribution is 9.10. The van der Waals surface area contributed by atoms with Crippen LogP contribution < -0.4 is 11.3 Å². The molecule has 1 aromatic rings. The number of ether oxygens (including phenoxy) is 1. The van der Waals surface area contributed by atoms with E-state index in [9.17, 15) is 0 Å². The third kappa shape index (κ3) is 3.51. The number of nitrogens with zero attached hydrogens (tertiary/aromatic N) is 1. The zero-order chi connectivity index (χ0) is 13.6. The van der Waals surface area contributed by atoms with Crippen LogP contribution in [0.1, 0.15) is 32.3 Å². The Labute approximate surface area is 117 Å². The fraction of sp³-hybridized carbons (Fsp3) is 0.615. The van der Waals surface area contributed by atoms with Crippen molar-refractivity contribution in [1.82, 2.24) is 10.4 Å². The maximum Gasteiger partial charge on any atom is 0.0842 e. The van der Waals surface area contributed by atoms with Gasteiger partial charge in [0.1, 0.15) is 0 Å². The summed E-state index contributed by atoms with van der Waals surface area (Å²) in [5, 5.41) is 0. The predicted octanol–water partition coefficient (Wildman–Crippen LogP) is 2.42. The summed E-state index contributed by atoms with van der Waals surface area (Å²) >= 11 is 3.43. The molecule has 1 rings (SSSR count). The number of halogens is 1. The van der Waals surface area contributed by atoms with E-state index in [1.165, 1.54) is 0 Å². The van der Waals surface area contributed by atoms with E-state index < -0.39 is 0 Å². The Morgan fingerprint density at radius 2 is 2.11 bits per heavy atom. The van der Waals surface area contributed by atoms with Gasteiger partial charge >= 0.3 is 0 Å². The molecule has 3 N–H and O–H groups in total. The lowest BCUT2D eigenvalue weighted by molar-refractivity contribution is -0.0473. The van der Waals surface area contributed by atoms with Gasteiger partial charge in [-0.05, 0) is 46.8 Å². The smallest absolute Gasteiger partial charge is 0.0842 e. The fourth-order valence-corrected chi connectivity index (χ4v) is 2.79. The van der Waals surface area contributed by atoms with Crippen LogP contribution in [0.2, 0.25) is 0 Å². The molecule has 0 amide bonds. The number of nitrogens with one attached hydrogen (secondary N) is 1. The molecule has 1 aromatic heterocycles. The van der Waals surface area contributed by atoms with Crippen LogP contribution >= 0.6 is 15.9 Å². The Kier molecular flexibility index (Phi) is 6.21. The predicted molar refractivity (Wildman–Crippen MR) is 77.1 cm³/mol. The van der Waals surface area contributed by atoms with E-state index in [4.69, 9.17) is 10.6 Å². The third-order valence-electron chi connectivity index (χ3n) is 3.64. The van der Waals surface area contributed by atoms with Gasteiger partial charge < -0.3 is 4.74 Å². The minimum absolute atomic E-state index is 0.0635. The minimum Gasteiger partial charge on any atom is -0.377 e. The number of hydrogen-bond donors (Lipinski definition) is 2. The summed E-state index contributed by atoms with van der Waals surface area (Å²) in [6.45, 7) is 4.24. The SMILES string of the molecule is CCC(CC)(OC)C(Cc1cncc(Br)c1)NN. The van der Waals surface area contributed by atoms with E-state index in [0.29, 0.717) is 0 Å². The van der Waals surface area contributed by atoms with E-state index in [1.54, 1.807) is 13.3 Å². The largest absolute Gasteiger partial charge is 0.377 e. The lowest BCUT2D eigenvalue weighted by Gasteiger charge is -2.38. The van der Waals surface area contributed by atoms with Crippen LogP contribution in [0.3, 0.4) is 0 Å². The Hall–Kier alpha value is -0.490. The molecule has 0 bridgehead atoms. The molecule has 0 aliphatic carbocycles. The summed E-state index contributed by atoms with van der Waals surface area (Å²) in [7, 11) is 1.75. The van der Waals surface area contributed by atoms with Gasteiger partial charge in [0.05, 0.1) is 11.6 Å². The van der Waals surface area contributed by atoms with E-state index >= 15 is 0 Å². The zero-order valence-electron chi connectivity index (χ0n) is 11.2. The van der Waals surface area contributed by atoms with Crippen molar-refractivity contribution in [2.24, 2.45) is 5.84 Å². The topological polar surface area (TPSA) is 60.2 Å². The molecular weight excluding hydrogens is 294 g/mol. The molecule has 0 saturated heterocycles. The summed E-state index contributed by atoms with van der Waals surface area (Å²) in [5.41, 5.74) is 3.79. The first-order chi connectivity index (χ1) is 8.61. The van der Waals surface area contributed by atoms with Crippen molar-refractivity contribution in [2.45, 2.75) is 44.8 Å². The van der Waals surface area contributed by atoms with Gasteiger partial charge in [-0.3, -0.25) is 16.3 Å². The molecule has 18 heavy (non-hydrogen) atoms. The molecule has 5 heteroatoms. The Morgan fingerprint density at radius 3 is 2.56 bits per heavy atom. The van der Waals surface area contributed by atoms with E-state index in [1.807, 2.05) is 6.20 Å². The average molecular weight is 316 g/mol. The van der Waals surface area contributed by atoms with Gasteiger partial charge in [0.15, 0.2) is 0 Å². The molecule has 1 atom stereocenters. The molecule has 1 unspecified atom stereocenters. The van der Waals surface area contributed by atoms with Gasteiger partial charge in [-0.15, -0.1) is 0 Å². The van der Waals surface area contributed by atoms with Crippen molar-refractivity contribution in [3.63, 3.8) is 0 Å². The number of pyridine rings is 1. The van der Waals surface area contributed by atoms with Crippen molar-refractivity contribution in [1.29, 1.82) is 0 Å². The minimum atomic E-state index is -0.239. The highest BCUT2D eigenvalue weighted by atomic mass is 79.9. The number of methoxy groups -OCH3 is 1. The van der Waals surface area contributed by atoms with Crippen LogP contribution in [0.25, 0.3) is 0 Å². The summed E-state index contributed by atoms with van der Waals surface area (Å²) in [5.74, 6) is 5.71. The molecule has 1 heterocycles. The summed E-state index contributed by atoms with van der Waals surface area (Å²) in [6, 6.07) is 2.12. The maximum atomic E-state index is 5.72. The Bertz CT molecular complexity index is 361. The molecule has 0 saturated carbocycles. The standard InChI is InChI=1S/C13H22BrN3O/c1-4-13(5-2,18-3)12(17-15)7-10-6-11(14)9-16-8-10/h6,8-9,12,17H,4-5,7,15H2,1-3H3. The van der Waals surface area contributed by atoms with E-state index in [0.717, 1.165) is 29.3 Å². The number of nitrogens with two attached hydrogens (primary N) is 1. The van der Waals surface area contributed by atoms with E-state index in [2.05, 4.69) is 46.3 Å². The molecule has 0 aromatic carbocycles. The average Bonchev–Trinajstić information content (AvgIpc) is 2.40. The van der Waals surface area contributed by atoms with Crippen LogP contribution in [0, 0.1) is 0 Å². The van der Waals surface area contributed by atoms with Gasteiger partial charge in [0, 0.05) is 24.0 Å². The first-order valence-corrected chi connectivity index (χ1v) is 7.01. The van der Waals surface area contributed by atoms with Gasteiger partial charge in [-0.25, -0.2) is 0 Å². The molecular formula is C13H22BrN3O. The molecule has 102 valence electrons. The van der Waals surface area contributed by atoms with Crippen molar-refractivity contribution >= 4 is 15.9 Å².